The number of para-hydroxylation sites is 1. The van der Waals surface area contributed by atoms with Gasteiger partial charge in [-0.3, -0.25) is 0 Å². The third-order valence-corrected chi connectivity index (χ3v) is 2.86. The van der Waals surface area contributed by atoms with Gasteiger partial charge in [0.05, 0.1) is 12.1 Å². The summed E-state index contributed by atoms with van der Waals surface area (Å²) in [5, 5.41) is 7.77. The number of nitrogens with zero attached hydrogens (tertiary/aromatic N) is 5. The van der Waals surface area contributed by atoms with Crippen molar-refractivity contribution in [2.24, 2.45) is 7.05 Å². The molecule has 0 saturated carbocycles. The van der Waals surface area contributed by atoms with Crippen LogP contribution in [-0.2, 0) is 13.6 Å². The fourth-order valence-electron chi connectivity index (χ4n) is 1.89. The minimum absolute atomic E-state index is 0.262. The van der Waals surface area contributed by atoms with Crippen LogP contribution in [0.5, 0.6) is 0 Å². The van der Waals surface area contributed by atoms with Gasteiger partial charge in [-0.05, 0) is 12.1 Å². The number of nitrogens with two attached hydrogens (primary N) is 1. The molecule has 0 radical (unpaired) electrons. The van der Waals surface area contributed by atoms with E-state index in [1.54, 1.807) is 27.6 Å². The fourth-order valence-corrected chi connectivity index (χ4v) is 1.89. The van der Waals surface area contributed by atoms with E-state index in [2.05, 4.69) is 15.2 Å². The molecule has 18 heavy (non-hydrogen) atoms. The van der Waals surface area contributed by atoms with E-state index < -0.39 is 0 Å². The van der Waals surface area contributed by atoms with Crippen LogP contribution in [0.2, 0.25) is 0 Å². The molecule has 7 heteroatoms. The highest BCUT2D eigenvalue weighted by Gasteiger charge is 2.13. The highest BCUT2D eigenvalue weighted by atomic mass is 19.1. The molecule has 0 amide bonds. The Morgan fingerprint density at radius 2 is 2.22 bits per heavy atom. The first-order valence-corrected chi connectivity index (χ1v) is 5.40. The first-order valence-electron chi connectivity index (χ1n) is 5.40. The van der Waals surface area contributed by atoms with E-state index >= 15 is 0 Å². The molecule has 0 aliphatic rings. The van der Waals surface area contributed by atoms with Crippen LogP contribution in [0, 0.1) is 5.82 Å². The lowest BCUT2D eigenvalue weighted by Crippen LogP contribution is -2.08. The number of hydrogen-bond acceptors (Lipinski definition) is 4. The molecule has 0 atom stereocenters. The highest BCUT2D eigenvalue weighted by Crippen LogP contribution is 2.21. The van der Waals surface area contributed by atoms with Crippen LogP contribution in [0.25, 0.3) is 11.0 Å². The minimum atomic E-state index is -0.379. The van der Waals surface area contributed by atoms with Gasteiger partial charge in [0.2, 0.25) is 5.95 Å². The summed E-state index contributed by atoms with van der Waals surface area (Å²) in [6.07, 6.45) is 1.60. The molecule has 0 unspecified atom stereocenters. The molecule has 0 spiro atoms. The summed E-state index contributed by atoms with van der Waals surface area (Å²) in [6.45, 7) is 0.405. The second-order valence-electron chi connectivity index (χ2n) is 4.02. The van der Waals surface area contributed by atoms with E-state index in [1.807, 2.05) is 7.05 Å². The Morgan fingerprint density at radius 1 is 1.39 bits per heavy atom. The molecule has 2 heterocycles. The highest BCUT2D eigenvalue weighted by molar-refractivity contribution is 5.78. The van der Waals surface area contributed by atoms with Gasteiger partial charge in [0.1, 0.15) is 11.8 Å². The normalized spacial score (nSPS) is 11.2. The van der Waals surface area contributed by atoms with Gasteiger partial charge >= 0.3 is 0 Å². The average molecular weight is 246 g/mol. The van der Waals surface area contributed by atoms with E-state index in [9.17, 15) is 4.39 Å². The predicted molar refractivity (Wildman–Crippen MR) is 64.2 cm³/mol. The van der Waals surface area contributed by atoms with E-state index in [4.69, 9.17) is 5.73 Å². The van der Waals surface area contributed by atoms with Gasteiger partial charge in [-0.15, -0.1) is 10.2 Å². The van der Waals surface area contributed by atoms with Crippen LogP contribution in [0.15, 0.2) is 24.5 Å². The molecule has 3 aromatic rings. The number of halogens is 1. The maximum absolute atomic E-state index is 13.6. The van der Waals surface area contributed by atoms with Gasteiger partial charge in [-0.25, -0.2) is 9.37 Å². The number of benzene rings is 1. The number of fused-ring (bicyclic) bond motifs is 1. The number of rotatable bonds is 2. The van der Waals surface area contributed by atoms with Crippen molar-refractivity contribution in [3.63, 3.8) is 0 Å². The Bertz CT molecular complexity index is 713. The molecule has 2 N–H and O–H groups in total. The maximum Gasteiger partial charge on any atom is 0.201 e. The SMILES string of the molecule is Cn1cnnc1Cn1c(N)nc2c(F)cccc21. The number of aryl methyl sites for hydroxylation is 1. The van der Waals surface area contributed by atoms with Gasteiger partial charge in [-0.2, -0.15) is 0 Å². The molecule has 0 aliphatic heterocycles. The number of imidazole rings is 1. The van der Waals surface area contributed by atoms with Gasteiger partial charge in [0.25, 0.3) is 0 Å². The number of hydrogen-bond donors (Lipinski definition) is 1. The van der Waals surface area contributed by atoms with Gasteiger partial charge in [0, 0.05) is 7.05 Å². The summed E-state index contributed by atoms with van der Waals surface area (Å²) in [5.41, 5.74) is 6.74. The van der Waals surface area contributed by atoms with Crippen LogP contribution >= 0.6 is 0 Å². The standard InChI is InChI=1S/C11H11FN6/c1-17-6-14-16-9(17)5-18-8-4-2-3-7(12)10(8)15-11(18)13/h2-4,6H,5H2,1H3,(H2,13,15). The van der Waals surface area contributed by atoms with Crippen LogP contribution in [-0.4, -0.2) is 24.3 Å². The van der Waals surface area contributed by atoms with Crippen LogP contribution in [0.4, 0.5) is 10.3 Å². The second kappa shape index (κ2) is 3.80. The molecule has 0 saturated heterocycles. The van der Waals surface area contributed by atoms with Crippen LogP contribution in [0.1, 0.15) is 5.82 Å². The number of nitrogen functional groups attached to an aromatic ring is 1. The Kier molecular flexibility index (Phi) is 2.26. The van der Waals surface area contributed by atoms with Crippen molar-refractivity contribution in [3.8, 4) is 0 Å². The largest absolute Gasteiger partial charge is 0.369 e. The molecule has 92 valence electrons. The summed E-state index contributed by atoms with van der Waals surface area (Å²) in [4.78, 5) is 4.03. The predicted octanol–water partition coefficient (Wildman–Crippen LogP) is 0.934. The Hall–Kier alpha value is -2.44. The van der Waals surface area contributed by atoms with Gasteiger partial charge < -0.3 is 14.9 Å². The first-order chi connectivity index (χ1) is 8.66. The molecule has 0 bridgehead atoms. The van der Waals surface area contributed by atoms with E-state index in [-0.39, 0.29) is 17.3 Å². The third-order valence-electron chi connectivity index (χ3n) is 2.86. The summed E-state index contributed by atoms with van der Waals surface area (Å²) in [5.74, 6) is 0.610. The molecular weight excluding hydrogens is 235 g/mol. The van der Waals surface area contributed by atoms with Crippen molar-refractivity contribution in [1.82, 2.24) is 24.3 Å². The van der Waals surface area contributed by atoms with E-state index in [0.29, 0.717) is 12.1 Å². The average Bonchev–Trinajstić information content (AvgIpc) is 2.87. The monoisotopic (exact) mass is 246 g/mol. The van der Waals surface area contributed by atoms with Crippen molar-refractivity contribution in [3.05, 3.63) is 36.2 Å². The molecular formula is C11H11FN6. The molecule has 0 aliphatic carbocycles. The van der Waals surface area contributed by atoms with Crippen molar-refractivity contribution in [2.45, 2.75) is 6.54 Å². The Morgan fingerprint density at radius 3 is 2.94 bits per heavy atom. The zero-order valence-corrected chi connectivity index (χ0v) is 9.71. The van der Waals surface area contributed by atoms with E-state index in [1.165, 1.54) is 6.07 Å². The Labute approximate surface area is 102 Å². The van der Waals surface area contributed by atoms with Gasteiger partial charge in [-0.1, -0.05) is 6.07 Å². The maximum atomic E-state index is 13.6. The van der Waals surface area contributed by atoms with Crippen molar-refractivity contribution >= 4 is 17.0 Å². The zero-order chi connectivity index (χ0) is 12.7. The molecule has 3 rings (SSSR count). The van der Waals surface area contributed by atoms with Crippen molar-refractivity contribution in [1.29, 1.82) is 0 Å². The molecule has 0 fully saturated rings. The molecule has 6 nitrogen and oxygen atoms in total. The van der Waals surface area contributed by atoms with Crippen LogP contribution < -0.4 is 5.73 Å². The van der Waals surface area contributed by atoms with Crippen molar-refractivity contribution in [2.75, 3.05) is 5.73 Å². The van der Waals surface area contributed by atoms with Crippen LogP contribution in [0.3, 0.4) is 0 Å². The second-order valence-corrected chi connectivity index (χ2v) is 4.02. The molecule has 2 aromatic heterocycles. The molecule has 1 aromatic carbocycles. The quantitative estimate of drug-likeness (QED) is 0.730. The lowest BCUT2D eigenvalue weighted by molar-refractivity contribution is 0.637. The summed E-state index contributed by atoms with van der Waals surface area (Å²) < 4.78 is 17.1. The smallest absolute Gasteiger partial charge is 0.201 e. The summed E-state index contributed by atoms with van der Waals surface area (Å²) >= 11 is 0. The third kappa shape index (κ3) is 1.52. The van der Waals surface area contributed by atoms with Gasteiger partial charge in [0.15, 0.2) is 11.6 Å². The zero-order valence-electron chi connectivity index (χ0n) is 9.71. The van der Waals surface area contributed by atoms with Crippen molar-refractivity contribution < 1.29 is 4.39 Å². The minimum Gasteiger partial charge on any atom is -0.369 e. The number of aromatic nitrogens is 5. The Balaban J connectivity index is 2.15. The topological polar surface area (TPSA) is 74.5 Å². The first kappa shape index (κ1) is 10.7. The van der Waals surface area contributed by atoms with E-state index in [0.717, 1.165) is 5.82 Å². The number of anilines is 1. The summed E-state index contributed by atoms with van der Waals surface area (Å²) in [7, 11) is 1.84. The lowest BCUT2D eigenvalue weighted by atomic mass is 10.3. The lowest BCUT2D eigenvalue weighted by Gasteiger charge is -2.05. The fraction of sp³-hybridized carbons (Fsp3) is 0.182. The summed E-state index contributed by atoms with van der Waals surface area (Å²) in [6, 6.07) is 4.77.